The second kappa shape index (κ2) is 10.3. The zero-order chi connectivity index (χ0) is 27.8. The third-order valence-corrected chi connectivity index (χ3v) is 7.47. The predicted molar refractivity (Wildman–Crippen MR) is 149 cm³/mol. The fourth-order valence-corrected chi connectivity index (χ4v) is 5.87. The van der Waals surface area contributed by atoms with Gasteiger partial charge in [-0.1, -0.05) is 36.5 Å². The van der Waals surface area contributed by atoms with Gasteiger partial charge < -0.3 is 9.84 Å². The Bertz CT molecular complexity index is 1660. The Kier molecular flexibility index (Phi) is 6.88. The van der Waals surface area contributed by atoms with Crippen LogP contribution in [0.2, 0.25) is 0 Å². The highest BCUT2D eigenvalue weighted by Gasteiger charge is 2.48. The Morgan fingerprint density at radius 2 is 1.87 bits per heavy atom. The van der Waals surface area contributed by atoms with Gasteiger partial charge in [-0.25, -0.2) is 4.98 Å². The second-order valence-corrected chi connectivity index (χ2v) is 10.3. The number of nitro benzene ring substituents is 1. The molecule has 1 saturated heterocycles. The lowest BCUT2D eigenvalue weighted by molar-refractivity contribution is -0.384. The molecule has 4 aromatic rings. The number of aliphatic hydroxyl groups excluding tert-OH is 1. The Labute approximate surface area is 228 Å². The van der Waals surface area contributed by atoms with E-state index < -0.39 is 22.7 Å². The Morgan fingerprint density at radius 1 is 1.13 bits per heavy atom. The monoisotopic (exact) mass is 543 g/mol. The molecule has 0 spiro atoms. The molecule has 1 aliphatic heterocycles. The molecule has 198 valence electrons. The van der Waals surface area contributed by atoms with Crippen molar-refractivity contribution in [2.45, 2.75) is 33.2 Å². The topological polar surface area (TPSA) is 123 Å². The van der Waals surface area contributed by atoms with Gasteiger partial charge in [-0.05, 0) is 67.3 Å². The van der Waals surface area contributed by atoms with Gasteiger partial charge in [-0.15, -0.1) is 0 Å². The van der Waals surface area contributed by atoms with Gasteiger partial charge in [-0.2, -0.15) is 0 Å². The molecule has 39 heavy (non-hydrogen) atoms. The maximum atomic E-state index is 13.5. The van der Waals surface area contributed by atoms with Gasteiger partial charge in [0.15, 0.2) is 5.13 Å². The van der Waals surface area contributed by atoms with Gasteiger partial charge in [0.1, 0.15) is 11.5 Å². The molecule has 9 nitrogen and oxygen atoms in total. The van der Waals surface area contributed by atoms with Crippen molar-refractivity contribution in [3.8, 4) is 5.75 Å². The number of aliphatic hydroxyl groups is 1. The number of thiazole rings is 1. The fraction of sp³-hybridized carbons (Fsp3) is 0.207. The van der Waals surface area contributed by atoms with Gasteiger partial charge >= 0.3 is 5.91 Å². The van der Waals surface area contributed by atoms with E-state index in [4.69, 9.17) is 4.74 Å². The van der Waals surface area contributed by atoms with Gasteiger partial charge in [0.2, 0.25) is 0 Å². The zero-order valence-electron chi connectivity index (χ0n) is 21.5. The Hall–Kier alpha value is -4.57. The van der Waals surface area contributed by atoms with E-state index in [1.807, 2.05) is 32.9 Å². The number of rotatable bonds is 7. The summed E-state index contributed by atoms with van der Waals surface area (Å²) in [4.78, 5) is 43.9. The molecule has 2 heterocycles. The summed E-state index contributed by atoms with van der Waals surface area (Å²) in [6, 6.07) is 15.1. The molecular formula is C29H25N3O6S. The lowest BCUT2D eigenvalue weighted by Crippen LogP contribution is -2.29. The number of fused-ring (bicyclic) bond motifs is 1. The van der Waals surface area contributed by atoms with Crippen LogP contribution in [0.15, 0.2) is 66.2 Å². The smallest absolute Gasteiger partial charge is 0.301 e. The number of benzene rings is 3. The summed E-state index contributed by atoms with van der Waals surface area (Å²) in [5, 5.41) is 23.2. The molecule has 1 amide bonds. The van der Waals surface area contributed by atoms with Crippen LogP contribution in [0.1, 0.15) is 41.6 Å². The van der Waals surface area contributed by atoms with E-state index in [2.05, 4.69) is 4.98 Å². The summed E-state index contributed by atoms with van der Waals surface area (Å²) in [6.07, 6.45) is 0.833. The number of hydrogen-bond acceptors (Lipinski definition) is 8. The van der Waals surface area contributed by atoms with Crippen LogP contribution in [0.25, 0.3) is 16.0 Å². The first-order chi connectivity index (χ1) is 18.7. The number of nitro groups is 1. The number of ketones is 1. The molecule has 3 aromatic carbocycles. The molecular weight excluding hydrogens is 518 g/mol. The molecule has 5 rings (SSSR count). The first kappa shape index (κ1) is 26.1. The fourth-order valence-electron chi connectivity index (χ4n) is 4.70. The van der Waals surface area contributed by atoms with Crippen molar-refractivity contribution in [1.82, 2.24) is 4.98 Å². The molecule has 1 unspecified atom stereocenters. The minimum absolute atomic E-state index is 0.171. The molecule has 1 aromatic heterocycles. The summed E-state index contributed by atoms with van der Waals surface area (Å²) >= 11 is 1.24. The maximum Gasteiger partial charge on any atom is 0.301 e. The van der Waals surface area contributed by atoms with Crippen LogP contribution < -0.4 is 9.64 Å². The first-order valence-corrected chi connectivity index (χ1v) is 13.2. The molecule has 0 radical (unpaired) electrons. The van der Waals surface area contributed by atoms with E-state index in [9.17, 15) is 24.8 Å². The van der Waals surface area contributed by atoms with Gasteiger partial charge in [-0.3, -0.25) is 24.6 Å². The SMILES string of the molecule is CCCOc1ccc(C(O)=C2C(=O)C(=O)N(c3nc4c(C)cc(C)cc4s3)C2c2cccc([N+](=O)[O-])c2)cc1. The van der Waals surface area contributed by atoms with Crippen molar-refractivity contribution in [2.75, 3.05) is 11.5 Å². The van der Waals surface area contributed by atoms with Crippen molar-refractivity contribution in [2.24, 2.45) is 0 Å². The summed E-state index contributed by atoms with van der Waals surface area (Å²) in [6.45, 7) is 6.39. The molecule has 0 bridgehead atoms. The molecule has 1 fully saturated rings. The standard InChI is InChI=1S/C29H25N3O6S/c1-4-12-38-21-10-8-18(9-11-21)26(33)23-25(19-6-5-7-20(15-19)32(36)37)31(28(35)27(23)34)29-30-24-17(3)13-16(2)14-22(24)39-29/h5-11,13-15,25,33H,4,12H2,1-3H3. The van der Waals surface area contributed by atoms with E-state index in [0.717, 1.165) is 22.2 Å². The minimum Gasteiger partial charge on any atom is -0.507 e. The van der Waals surface area contributed by atoms with E-state index in [-0.39, 0.29) is 22.2 Å². The summed E-state index contributed by atoms with van der Waals surface area (Å²) in [5.74, 6) is -1.56. The predicted octanol–water partition coefficient (Wildman–Crippen LogP) is 6.24. The minimum atomic E-state index is -1.12. The highest BCUT2D eigenvalue weighted by Crippen LogP contribution is 2.45. The molecule has 10 heteroatoms. The first-order valence-electron chi connectivity index (χ1n) is 12.4. The van der Waals surface area contributed by atoms with Crippen LogP contribution in [0, 0.1) is 24.0 Å². The quantitative estimate of drug-likeness (QED) is 0.0963. The van der Waals surface area contributed by atoms with Crippen LogP contribution in [0.5, 0.6) is 5.75 Å². The number of hydrogen-bond donors (Lipinski definition) is 1. The van der Waals surface area contributed by atoms with Crippen LogP contribution in [-0.4, -0.2) is 33.3 Å². The highest BCUT2D eigenvalue weighted by atomic mass is 32.1. The zero-order valence-corrected chi connectivity index (χ0v) is 22.3. The van der Waals surface area contributed by atoms with Crippen LogP contribution in [0.4, 0.5) is 10.8 Å². The average molecular weight is 544 g/mol. The maximum absolute atomic E-state index is 13.5. The number of aromatic nitrogens is 1. The number of carbonyl (C=O) groups is 2. The number of nitrogens with zero attached hydrogens (tertiary/aromatic N) is 3. The number of aryl methyl sites for hydroxylation is 2. The van der Waals surface area contributed by atoms with Crippen LogP contribution in [0.3, 0.4) is 0 Å². The number of ether oxygens (including phenoxy) is 1. The van der Waals surface area contributed by atoms with E-state index in [1.165, 1.54) is 34.4 Å². The van der Waals surface area contributed by atoms with Gasteiger partial charge in [0.05, 0.1) is 33.4 Å². The molecule has 1 atom stereocenters. The number of amides is 1. The van der Waals surface area contributed by atoms with Crippen molar-refractivity contribution in [3.63, 3.8) is 0 Å². The lowest BCUT2D eigenvalue weighted by Gasteiger charge is -2.22. The van der Waals surface area contributed by atoms with E-state index in [1.54, 1.807) is 30.3 Å². The number of Topliss-reactive ketones (excluding diaryl/α,β-unsaturated/α-hetero) is 1. The third-order valence-electron chi connectivity index (χ3n) is 6.47. The molecule has 1 aliphatic rings. The molecule has 0 saturated carbocycles. The third kappa shape index (κ3) is 4.74. The number of carbonyl (C=O) groups excluding carboxylic acids is 2. The number of anilines is 1. The van der Waals surface area contributed by atoms with Crippen molar-refractivity contribution in [1.29, 1.82) is 0 Å². The van der Waals surface area contributed by atoms with Gasteiger partial charge in [0, 0.05) is 17.7 Å². The van der Waals surface area contributed by atoms with Crippen LogP contribution in [-0.2, 0) is 9.59 Å². The average Bonchev–Trinajstić information content (AvgIpc) is 3.46. The second-order valence-electron chi connectivity index (χ2n) is 9.32. The van der Waals surface area contributed by atoms with E-state index >= 15 is 0 Å². The lowest BCUT2D eigenvalue weighted by atomic mass is 9.95. The largest absolute Gasteiger partial charge is 0.507 e. The van der Waals surface area contributed by atoms with Crippen molar-refractivity contribution < 1.29 is 24.4 Å². The number of non-ortho nitro benzene ring substituents is 1. The highest BCUT2D eigenvalue weighted by molar-refractivity contribution is 7.22. The van der Waals surface area contributed by atoms with Crippen molar-refractivity contribution >= 4 is 49.8 Å². The van der Waals surface area contributed by atoms with Crippen LogP contribution >= 0.6 is 11.3 Å². The van der Waals surface area contributed by atoms with Crippen molar-refractivity contribution in [3.05, 3.63) is 98.6 Å². The Balaban J connectivity index is 1.69. The normalized spacial score (nSPS) is 16.7. The van der Waals surface area contributed by atoms with Gasteiger partial charge in [0.25, 0.3) is 11.5 Å². The molecule has 0 aliphatic carbocycles. The van der Waals surface area contributed by atoms with E-state index in [0.29, 0.717) is 29.0 Å². The summed E-state index contributed by atoms with van der Waals surface area (Å²) < 4.78 is 6.44. The Morgan fingerprint density at radius 3 is 2.56 bits per heavy atom. The summed E-state index contributed by atoms with van der Waals surface area (Å²) in [5.41, 5.74) is 2.88. The summed E-state index contributed by atoms with van der Waals surface area (Å²) in [7, 11) is 0. The molecule has 1 N–H and O–H groups in total.